The second-order valence-corrected chi connectivity index (χ2v) is 8.47. The normalized spacial score (nSPS) is 14.2. The van der Waals surface area contributed by atoms with Crippen molar-refractivity contribution in [2.75, 3.05) is 20.2 Å². The SMILES string of the molecule is COc1ccc2c(=O)c(-c3ccccc3)c(-c3ccc(C)cc3)oc2c1CN1CCCC1. The fourth-order valence-corrected chi connectivity index (χ4v) is 4.58. The number of likely N-dealkylation sites (tertiary alicyclic amines) is 1. The largest absolute Gasteiger partial charge is 0.496 e. The molecule has 2 heterocycles. The molecule has 1 fully saturated rings. The van der Waals surface area contributed by atoms with Crippen LogP contribution in [-0.2, 0) is 6.54 Å². The Kier molecular flexibility index (Phi) is 5.54. The number of rotatable bonds is 5. The summed E-state index contributed by atoms with van der Waals surface area (Å²) in [6.07, 6.45) is 2.40. The van der Waals surface area contributed by atoms with Crippen LogP contribution >= 0.6 is 0 Å². The maximum Gasteiger partial charge on any atom is 0.201 e. The first-order valence-electron chi connectivity index (χ1n) is 11.2. The number of benzene rings is 3. The minimum Gasteiger partial charge on any atom is -0.496 e. The third-order valence-electron chi connectivity index (χ3n) is 6.30. The van der Waals surface area contributed by atoms with Crippen molar-refractivity contribution in [3.8, 4) is 28.2 Å². The molecule has 5 rings (SSSR count). The van der Waals surface area contributed by atoms with E-state index in [0.29, 0.717) is 28.8 Å². The number of hydrogen-bond acceptors (Lipinski definition) is 4. The molecule has 4 aromatic rings. The van der Waals surface area contributed by atoms with E-state index in [1.807, 2.05) is 66.7 Å². The van der Waals surface area contributed by atoms with Crippen molar-refractivity contribution in [1.82, 2.24) is 4.90 Å². The van der Waals surface area contributed by atoms with Crippen molar-refractivity contribution in [2.24, 2.45) is 0 Å². The number of nitrogens with zero attached hydrogens (tertiary/aromatic N) is 1. The predicted octanol–water partition coefficient (Wildman–Crippen LogP) is 6.04. The first-order chi connectivity index (χ1) is 15.7. The molecule has 0 unspecified atom stereocenters. The smallest absolute Gasteiger partial charge is 0.201 e. The van der Waals surface area contributed by atoms with Gasteiger partial charge in [0.1, 0.15) is 17.1 Å². The van der Waals surface area contributed by atoms with Crippen LogP contribution in [0.4, 0.5) is 0 Å². The Hall–Kier alpha value is -3.37. The van der Waals surface area contributed by atoms with E-state index in [1.165, 1.54) is 12.8 Å². The van der Waals surface area contributed by atoms with E-state index < -0.39 is 0 Å². The highest BCUT2D eigenvalue weighted by atomic mass is 16.5. The van der Waals surface area contributed by atoms with Gasteiger partial charge in [-0.05, 0) is 50.6 Å². The maximum absolute atomic E-state index is 13.9. The molecule has 4 nitrogen and oxygen atoms in total. The average Bonchev–Trinajstić information content (AvgIpc) is 3.34. The van der Waals surface area contributed by atoms with Crippen molar-refractivity contribution in [3.05, 3.63) is 88.1 Å². The molecule has 0 aliphatic carbocycles. The van der Waals surface area contributed by atoms with E-state index in [4.69, 9.17) is 9.15 Å². The van der Waals surface area contributed by atoms with E-state index in [2.05, 4.69) is 11.8 Å². The van der Waals surface area contributed by atoms with E-state index in [-0.39, 0.29) is 5.43 Å². The van der Waals surface area contributed by atoms with E-state index in [1.54, 1.807) is 7.11 Å². The molecule has 162 valence electrons. The second kappa shape index (κ2) is 8.64. The van der Waals surface area contributed by atoms with Crippen molar-refractivity contribution >= 4 is 11.0 Å². The Labute approximate surface area is 188 Å². The first-order valence-corrected chi connectivity index (χ1v) is 11.2. The minimum atomic E-state index is -0.0154. The van der Waals surface area contributed by atoms with Crippen LogP contribution in [0.25, 0.3) is 33.4 Å². The van der Waals surface area contributed by atoms with Crippen LogP contribution in [-0.4, -0.2) is 25.1 Å². The van der Waals surface area contributed by atoms with Crippen LogP contribution < -0.4 is 10.2 Å². The molecule has 0 atom stereocenters. The Bertz CT molecular complexity index is 1300. The van der Waals surface area contributed by atoms with Crippen molar-refractivity contribution in [2.45, 2.75) is 26.3 Å². The fraction of sp³-hybridized carbons (Fsp3) is 0.250. The molecule has 4 heteroatoms. The fourth-order valence-electron chi connectivity index (χ4n) is 4.58. The Morgan fingerprint density at radius 1 is 0.906 bits per heavy atom. The highest BCUT2D eigenvalue weighted by molar-refractivity contribution is 5.91. The summed E-state index contributed by atoms with van der Waals surface area (Å²) in [5, 5.41) is 0.592. The predicted molar refractivity (Wildman–Crippen MR) is 129 cm³/mol. The number of ether oxygens (including phenoxy) is 1. The van der Waals surface area contributed by atoms with Gasteiger partial charge in [0.15, 0.2) is 0 Å². The monoisotopic (exact) mass is 425 g/mol. The third kappa shape index (κ3) is 3.71. The zero-order valence-electron chi connectivity index (χ0n) is 18.6. The summed E-state index contributed by atoms with van der Waals surface area (Å²) in [6.45, 7) is 4.87. The van der Waals surface area contributed by atoms with Crippen LogP contribution in [0.1, 0.15) is 24.0 Å². The van der Waals surface area contributed by atoms with E-state index >= 15 is 0 Å². The van der Waals surface area contributed by atoms with Crippen LogP contribution in [0, 0.1) is 6.92 Å². The summed E-state index contributed by atoms with van der Waals surface area (Å²) >= 11 is 0. The second-order valence-electron chi connectivity index (χ2n) is 8.47. The van der Waals surface area contributed by atoms with Crippen LogP contribution in [0.3, 0.4) is 0 Å². The van der Waals surface area contributed by atoms with Crippen LogP contribution in [0.2, 0.25) is 0 Å². The van der Waals surface area contributed by atoms with E-state index in [0.717, 1.165) is 41.1 Å². The van der Waals surface area contributed by atoms with Gasteiger partial charge in [-0.3, -0.25) is 9.69 Å². The molecular formula is C28H27NO3. The van der Waals surface area contributed by atoms with Gasteiger partial charge in [-0.25, -0.2) is 0 Å². The lowest BCUT2D eigenvalue weighted by Gasteiger charge is -2.19. The summed E-state index contributed by atoms with van der Waals surface area (Å²) < 4.78 is 12.3. The summed E-state index contributed by atoms with van der Waals surface area (Å²) in [5.74, 6) is 1.36. The molecule has 1 saturated heterocycles. The standard InChI is InChI=1S/C28H27NO3/c1-19-10-12-21(13-11-19)27-25(20-8-4-3-5-9-20)26(30)22-14-15-24(31-2)23(28(22)32-27)18-29-16-6-7-17-29/h3-5,8-15H,6-7,16-18H2,1-2H3. The molecule has 3 aromatic carbocycles. The first kappa shape index (κ1) is 20.5. The summed E-state index contributed by atoms with van der Waals surface area (Å²) in [4.78, 5) is 16.3. The van der Waals surface area contributed by atoms with Gasteiger partial charge in [0, 0.05) is 12.1 Å². The quantitative estimate of drug-likeness (QED) is 0.391. The number of fused-ring (bicyclic) bond motifs is 1. The molecule has 1 aliphatic heterocycles. The third-order valence-corrected chi connectivity index (χ3v) is 6.30. The van der Waals surface area contributed by atoms with Crippen LogP contribution in [0.5, 0.6) is 5.75 Å². The lowest BCUT2D eigenvalue weighted by molar-refractivity contribution is 0.320. The van der Waals surface area contributed by atoms with Crippen LogP contribution in [0.15, 0.2) is 75.9 Å². The molecule has 1 aliphatic rings. The zero-order valence-corrected chi connectivity index (χ0v) is 18.6. The lowest BCUT2D eigenvalue weighted by atomic mass is 9.97. The Morgan fingerprint density at radius 2 is 1.62 bits per heavy atom. The molecule has 0 N–H and O–H groups in total. The Morgan fingerprint density at radius 3 is 2.31 bits per heavy atom. The minimum absolute atomic E-state index is 0.0154. The van der Waals surface area contributed by atoms with Gasteiger partial charge in [-0.2, -0.15) is 0 Å². The number of aryl methyl sites for hydroxylation is 1. The summed E-state index contributed by atoms with van der Waals surface area (Å²) in [5.41, 5.74) is 5.06. The highest BCUT2D eigenvalue weighted by Crippen LogP contribution is 2.36. The zero-order chi connectivity index (χ0) is 22.1. The van der Waals surface area contributed by atoms with Crippen molar-refractivity contribution < 1.29 is 9.15 Å². The Balaban J connectivity index is 1.81. The maximum atomic E-state index is 13.9. The van der Waals surface area contributed by atoms with E-state index in [9.17, 15) is 4.79 Å². The van der Waals surface area contributed by atoms with Gasteiger partial charge >= 0.3 is 0 Å². The van der Waals surface area contributed by atoms with Gasteiger partial charge in [-0.15, -0.1) is 0 Å². The molecular weight excluding hydrogens is 398 g/mol. The topological polar surface area (TPSA) is 42.7 Å². The van der Waals surface area contributed by atoms with Gasteiger partial charge in [-0.1, -0.05) is 60.2 Å². The van der Waals surface area contributed by atoms with Gasteiger partial charge in [0.05, 0.1) is 23.6 Å². The summed E-state index contributed by atoms with van der Waals surface area (Å²) in [7, 11) is 1.67. The molecule has 0 radical (unpaired) electrons. The number of hydrogen-bond donors (Lipinski definition) is 0. The molecule has 0 spiro atoms. The number of methoxy groups -OCH3 is 1. The van der Waals surface area contributed by atoms with Crippen molar-refractivity contribution in [1.29, 1.82) is 0 Å². The van der Waals surface area contributed by atoms with Gasteiger partial charge < -0.3 is 9.15 Å². The molecule has 0 saturated carbocycles. The average molecular weight is 426 g/mol. The van der Waals surface area contributed by atoms with Gasteiger partial charge in [0.2, 0.25) is 5.43 Å². The van der Waals surface area contributed by atoms with Crippen molar-refractivity contribution in [3.63, 3.8) is 0 Å². The lowest BCUT2D eigenvalue weighted by Crippen LogP contribution is -2.19. The molecule has 0 amide bonds. The molecule has 32 heavy (non-hydrogen) atoms. The highest BCUT2D eigenvalue weighted by Gasteiger charge is 2.23. The van der Waals surface area contributed by atoms with Gasteiger partial charge in [0.25, 0.3) is 0 Å². The molecule has 0 bridgehead atoms. The summed E-state index contributed by atoms with van der Waals surface area (Å²) in [6, 6.07) is 21.6. The molecule has 1 aromatic heterocycles.